The number of thiazole rings is 1. The number of hydrogen-bond donors (Lipinski definition) is 0. The van der Waals surface area contributed by atoms with Crippen LogP contribution in [0.2, 0.25) is 0 Å². The van der Waals surface area contributed by atoms with Crippen LogP contribution in [0.25, 0.3) is 0 Å². The van der Waals surface area contributed by atoms with E-state index in [4.69, 9.17) is 4.74 Å². The van der Waals surface area contributed by atoms with Gasteiger partial charge < -0.3 is 9.64 Å². The molecule has 2 fully saturated rings. The van der Waals surface area contributed by atoms with E-state index in [9.17, 15) is 4.79 Å². The molecule has 0 aromatic carbocycles. The van der Waals surface area contributed by atoms with Crippen LogP contribution >= 0.6 is 11.3 Å². The number of fused-ring (bicyclic) bond motifs is 1. The molecular formula is C18H21N3O2S. The largest absolute Gasteiger partial charge is 0.488 e. The van der Waals surface area contributed by atoms with Gasteiger partial charge in [-0.2, -0.15) is 0 Å². The first-order valence-corrected chi connectivity index (χ1v) is 9.32. The van der Waals surface area contributed by atoms with Gasteiger partial charge in [-0.05, 0) is 37.8 Å². The summed E-state index contributed by atoms with van der Waals surface area (Å²) < 4.78 is 6.13. The van der Waals surface area contributed by atoms with E-state index >= 15 is 0 Å². The molecule has 1 amide bonds. The Morgan fingerprint density at radius 3 is 3.08 bits per heavy atom. The van der Waals surface area contributed by atoms with E-state index in [-0.39, 0.29) is 12.0 Å². The number of aryl methyl sites for hydroxylation is 1. The minimum absolute atomic E-state index is 0.190. The Morgan fingerprint density at radius 1 is 1.42 bits per heavy atom. The van der Waals surface area contributed by atoms with E-state index in [0.717, 1.165) is 42.4 Å². The number of hydrogen-bond acceptors (Lipinski definition) is 5. The van der Waals surface area contributed by atoms with Gasteiger partial charge in [0.1, 0.15) is 11.9 Å². The standard InChI is InChI=1S/C18H21N3O2S/c1-12-20-14(11-24-12)7-18(22)21-9-13-4-5-17(16(13)10-21)23-15-3-2-6-19-8-15/h2-3,6,8,11,13,16-17H,4-5,7,9-10H2,1H3/t13-,16+,17-/m1/s1. The third kappa shape index (κ3) is 3.15. The molecule has 4 rings (SSSR count). The molecule has 2 aromatic heterocycles. The minimum Gasteiger partial charge on any atom is -0.488 e. The summed E-state index contributed by atoms with van der Waals surface area (Å²) in [5.74, 6) is 2.01. The highest BCUT2D eigenvalue weighted by Crippen LogP contribution is 2.40. The number of amides is 1. The fraction of sp³-hybridized carbons (Fsp3) is 0.500. The zero-order valence-corrected chi connectivity index (χ0v) is 14.5. The van der Waals surface area contributed by atoms with Crippen molar-refractivity contribution in [3.63, 3.8) is 0 Å². The molecule has 0 N–H and O–H groups in total. The molecule has 24 heavy (non-hydrogen) atoms. The maximum absolute atomic E-state index is 12.6. The first kappa shape index (κ1) is 15.6. The molecule has 1 aliphatic carbocycles. The first-order valence-electron chi connectivity index (χ1n) is 8.44. The normalized spacial score (nSPS) is 25.7. The Kier molecular flexibility index (Phi) is 4.22. The molecule has 3 heterocycles. The van der Waals surface area contributed by atoms with Crippen molar-refractivity contribution < 1.29 is 9.53 Å². The van der Waals surface area contributed by atoms with Gasteiger partial charge in [-0.25, -0.2) is 4.98 Å². The van der Waals surface area contributed by atoms with Crippen LogP contribution in [0.1, 0.15) is 23.5 Å². The molecule has 2 aliphatic rings. The molecule has 3 atom stereocenters. The molecule has 0 radical (unpaired) electrons. The summed E-state index contributed by atoms with van der Waals surface area (Å²) in [7, 11) is 0. The van der Waals surface area contributed by atoms with Crippen molar-refractivity contribution in [2.75, 3.05) is 13.1 Å². The monoisotopic (exact) mass is 343 g/mol. The van der Waals surface area contributed by atoms with Gasteiger partial charge >= 0.3 is 0 Å². The highest BCUT2D eigenvalue weighted by molar-refractivity contribution is 7.09. The predicted molar refractivity (Wildman–Crippen MR) is 92.0 cm³/mol. The fourth-order valence-corrected chi connectivity index (χ4v) is 4.53. The third-order valence-electron chi connectivity index (χ3n) is 5.06. The number of carbonyl (C=O) groups is 1. The number of ether oxygens (including phenoxy) is 1. The summed E-state index contributed by atoms with van der Waals surface area (Å²) in [6.07, 6.45) is 6.32. The number of likely N-dealkylation sites (tertiary alicyclic amines) is 1. The quantitative estimate of drug-likeness (QED) is 0.856. The molecule has 0 unspecified atom stereocenters. The van der Waals surface area contributed by atoms with Crippen LogP contribution in [0, 0.1) is 18.8 Å². The predicted octanol–water partition coefficient (Wildman–Crippen LogP) is 2.71. The SMILES string of the molecule is Cc1nc(CC(=O)N2C[C@H]3CC[C@@H](Oc4cccnc4)[C@H]3C2)cs1. The zero-order valence-electron chi connectivity index (χ0n) is 13.7. The highest BCUT2D eigenvalue weighted by atomic mass is 32.1. The average Bonchev–Trinajstić information content (AvgIpc) is 3.26. The van der Waals surface area contributed by atoms with Crippen molar-refractivity contribution in [3.05, 3.63) is 40.6 Å². The van der Waals surface area contributed by atoms with Crippen LogP contribution in [0.4, 0.5) is 0 Å². The Bertz CT molecular complexity index is 718. The summed E-state index contributed by atoms with van der Waals surface area (Å²) in [6.45, 7) is 3.64. The van der Waals surface area contributed by atoms with Gasteiger partial charge in [0.05, 0.1) is 23.3 Å². The average molecular weight is 343 g/mol. The Balaban J connectivity index is 1.37. The van der Waals surface area contributed by atoms with Gasteiger partial charge in [0, 0.05) is 30.6 Å². The minimum atomic E-state index is 0.190. The molecule has 6 heteroatoms. The van der Waals surface area contributed by atoms with E-state index in [1.165, 1.54) is 0 Å². The van der Waals surface area contributed by atoms with E-state index in [1.807, 2.05) is 29.3 Å². The molecule has 0 bridgehead atoms. The molecule has 1 saturated carbocycles. The second kappa shape index (κ2) is 6.51. The van der Waals surface area contributed by atoms with Crippen LogP contribution in [-0.4, -0.2) is 40.0 Å². The lowest BCUT2D eigenvalue weighted by Gasteiger charge is -2.21. The van der Waals surface area contributed by atoms with Crippen molar-refractivity contribution in [3.8, 4) is 5.75 Å². The second-order valence-electron chi connectivity index (χ2n) is 6.68. The Labute approximate surface area is 145 Å². The lowest BCUT2D eigenvalue weighted by atomic mass is 9.99. The number of nitrogens with zero attached hydrogens (tertiary/aromatic N) is 3. The number of pyridine rings is 1. The van der Waals surface area contributed by atoms with Crippen molar-refractivity contribution in [2.45, 2.75) is 32.3 Å². The topological polar surface area (TPSA) is 55.3 Å². The molecule has 1 saturated heterocycles. The molecule has 126 valence electrons. The van der Waals surface area contributed by atoms with Crippen molar-refractivity contribution in [2.24, 2.45) is 11.8 Å². The van der Waals surface area contributed by atoms with Crippen molar-refractivity contribution in [1.82, 2.24) is 14.9 Å². The Morgan fingerprint density at radius 2 is 2.33 bits per heavy atom. The molecule has 5 nitrogen and oxygen atoms in total. The molecule has 2 aromatic rings. The van der Waals surface area contributed by atoms with Crippen LogP contribution in [0.15, 0.2) is 29.9 Å². The van der Waals surface area contributed by atoms with Crippen molar-refractivity contribution in [1.29, 1.82) is 0 Å². The lowest BCUT2D eigenvalue weighted by Crippen LogP contribution is -2.33. The maximum atomic E-state index is 12.6. The summed E-state index contributed by atoms with van der Waals surface area (Å²) in [5, 5.41) is 3.00. The van der Waals surface area contributed by atoms with Crippen LogP contribution in [-0.2, 0) is 11.2 Å². The number of aromatic nitrogens is 2. The summed E-state index contributed by atoms with van der Waals surface area (Å²) in [4.78, 5) is 23.1. The van der Waals surface area contributed by atoms with E-state index in [0.29, 0.717) is 18.3 Å². The van der Waals surface area contributed by atoms with Gasteiger partial charge in [-0.3, -0.25) is 9.78 Å². The van der Waals surface area contributed by atoms with Gasteiger partial charge in [-0.15, -0.1) is 11.3 Å². The second-order valence-corrected chi connectivity index (χ2v) is 7.74. The maximum Gasteiger partial charge on any atom is 0.228 e. The smallest absolute Gasteiger partial charge is 0.228 e. The summed E-state index contributed by atoms with van der Waals surface area (Å²) in [6, 6.07) is 3.84. The van der Waals surface area contributed by atoms with E-state index < -0.39 is 0 Å². The van der Waals surface area contributed by atoms with Gasteiger partial charge in [0.15, 0.2) is 0 Å². The van der Waals surface area contributed by atoms with Gasteiger partial charge in [-0.1, -0.05) is 0 Å². The molecular weight excluding hydrogens is 322 g/mol. The van der Waals surface area contributed by atoms with Crippen LogP contribution < -0.4 is 4.74 Å². The van der Waals surface area contributed by atoms with E-state index in [2.05, 4.69) is 9.97 Å². The first-order chi connectivity index (χ1) is 11.7. The van der Waals surface area contributed by atoms with E-state index in [1.54, 1.807) is 23.7 Å². The zero-order chi connectivity index (χ0) is 16.5. The van der Waals surface area contributed by atoms with Gasteiger partial charge in [0.2, 0.25) is 5.91 Å². The fourth-order valence-electron chi connectivity index (χ4n) is 3.91. The van der Waals surface area contributed by atoms with Gasteiger partial charge in [0.25, 0.3) is 0 Å². The Hall–Kier alpha value is -1.95. The van der Waals surface area contributed by atoms with Crippen LogP contribution in [0.3, 0.4) is 0 Å². The van der Waals surface area contributed by atoms with Crippen LogP contribution in [0.5, 0.6) is 5.75 Å². The number of carbonyl (C=O) groups excluding carboxylic acids is 1. The summed E-state index contributed by atoms with van der Waals surface area (Å²) in [5.41, 5.74) is 0.891. The highest BCUT2D eigenvalue weighted by Gasteiger charge is 2.45. The summed E-state index contributed by atoms with van der Waals surface area (Å²) >= 11 is 1.60. The molecule has 1 aliphatic heterocycles. The lowest BCUT2D eigenvalue weighted by molar-refractivity contribution is -0.129. The molecule has 0 spiro atoms. The van der Waals surface area contributed by atoms with Crippen molar-refractivity contribution >= 4 is 17.2 Å². The number of rotatable bonds is 4. The third-order valence-corrected chi connectivity index (χ3v) is 5.89.